The van der Waals surface area contributed by atoms with E-state index in [2.05, 4.69) is 28.1 Å². The fraction of sp³-hybridized carbons (Fsp3) is 0.300. The maximum Gasteiger partial charge on any atom is 0.490 e. The van der Waals surface area contributed by atoms with Crippen molar-refractivity contribution in [2.45, 2.75) is 12.3 Å². The molecule has 0 aliphatic heterocycles. The third kappa shape index (κ3) is 8.44. The van der Waals surface area contributed by atoms with E-state index in [1.165, 1.54) is 0 Å². The predicted molar refractivity (Wildman–Crippen MR) is 101 cm³/mol. The molecule has 2 aromatic rings. The van der Waals surface area contributed by atoms with Crippen LogP contribution in [0.3, 0.4) is 0 Å². The van der Waals surface area contributed by atoms with Crippen LogP contribution in [0.25, 0.3) is 11.2 Å². The summed E-state index contributed by atoms with van der Waals surface area (Å²) < 4.78 is 51.0. The molecule has 4 atom stereocenters. The van der Waals surface area contributed by atoms with Crippen LogP contribution in [0.2, 0.25) is 0 Å². The number of nitrogens with two attached hydrogens (primary N) is 1. The minimum atomic E-state index is -5.73. The molecule has 0 bridgehead atoms. The van der Waals surface area contributed by atoms with Gasteiger partial charge >= 0.3 is 23.5 Å². The van der Waals surface area contributed by atoms with Gasteiger partial charge in [-0.15, -0.1) is 0 Å². The smallest absolute Gasteiger partial charge is 0.382 e. The molecule has 0 aromatic carbocycles. The molecule has 32 heavy (non-hydrogen) atoms. The topological polar surface area (TPSA) is 273 Å². The van der Waals surface area contributed by atoms with Crippen LogP contribution in [0.4, 0.5) is 5.82 Å². The number of nitrogens with zero attached hydrogens (tertiary/aromatic N) is 4. The predicted octanol–water partition coefficient (Wildman–Crippen LogP) is -1.35. The molecular weight excluding hydrogens is 514 g/mol. The summed E-state index contributed by atoms with van der Waals surface area (Å²) in [6, 6.07) is 0. The molecule has 4 unspecified atom stereocenters. The molecule has 2 aromatic heterocycles. The first kappa shape index (κ1) is 29.1. The summed E-state index contributed by atoms with van der Waals surface area (Å²) in [5.74, 6) is -0.00649. The van der Waals surface area contributed by atoms with Crippen LogP contribution in [-0.4, -0.2) is 93.9 Å². The van der Waals surface area contributed by atoms with Crippen molar-refractivity contribution >= 4 is 82.6 Å². The van der Waals surface area contributed by atoms with E-state index >= 15 is 0 Å². The average Bonchev–Trinajstić information content (AvgIpc) is 3.04. The van der Waals surface area contributed by atoms with Gasteiger partial charge in [0.25, 0.3) is 0 Å². The zero-order valence-electron chi connectivity index (χ0n) is 15.8. The normalized spacial score (nSPS) is 17.5. The Balaban J connectivity index is 0.00000512. The van der Waals surface area contributed by atoms with Crippen LogP contribution in [0.5, 0.6) is 0 Å². The Hall–Kier alpha value is -0.940. The van der Waals surface area contributed by atoms with Crippen LogP contribution in [-0.2, 0) is 41.2 Å². The fourth-order valence-electron chi connectivity index (χ4n) is 1.98. The number of aromatic nitrogens is 4. The molecule has 1 radical (unpaired) electrons. The van der Waals surface area contributed by atoms with Gasteiger partial charge in [-0.2, -0.15) is 8.62 Å². The molecule has 0 spiro atoms. The Bertz CT molecular complexity index is 1110. The Morgan fingerprint density at radius 1 is 1.03 bits per heavy atom. The molecule has 6 N–H and O–H groups in total. The first-order valence-electron chi connectivity index (χ1n) is 7.54. The standard InChI is InChI=1S/C10H14N5O13P3.Na/c11-9-8-10(13-4-12-9)15(5-14-8)7(2-17)26-6(1-16)3-25-30(21,22)28-31(23,24)27-29(18,19)20;/h1-2,4-7H,3H2,(H,21,22)(H,23,24)(H2,11,12,13)(H2,18,19,20);. The number of phosphoric acid groups is 3. The SMILES string of the molecule is Nc1ncnc2c1ncn2C(C=O)OC(C=O)COP(=O)(O)OP(=O)(O)OP(=O)(O)O.[Na]. The molecule has 2 heterocycles. The zero-order valence-corrected chi connectivity index (χ0v) is 20.5. The van der Waals surface area contributed by atoms with Crippen LogP contribution >= 0.6 is 23.5 Å². The van der Waals surface area contributed by atoms with Gasteiger partial charge in [0.2, 0.25) is 0 Å². The molecular formula is C10H14N5NaO13P3. The Morgan fingerprint density at radius 3 is 2.25 bits per heavy atom. The van der Waals surface area contributed by atoms with Crippen molar-refractivity contribution in [3.8, 4) is 0 Å². The van der Waals surface area contributed by atoms with E-state index < -0.39 is 42.4 Å². The van der Waals surface area contributed by atoms with Crippen LogP contribution in [0.15, 0.2) is 12.7 Å². The molecule has 0 aliphatic rings. The van der Waals surface area contributed by atoms with E-state index in [1.807, 2.05) is 0 Å². The van der Waals surface area contributed by atoms with Crippen LogP contribution in [0, 0.1) is 0 Å². The van der Waals surface area contributed by atoms with Gasteiger partial charge in [-0.05, 0) is 0 Å². The minimum absolute atomic E-state index is 0. The Morgan fingerprint density at radius 2 is 1.69 bits per heavy atom. The van der Waals surface area contributed by atoms with Gasteiger partial charge in [0, 0.05) is 29.6 Å². The zero-order chi connectivity index (χ0) is 23.4. The maximum atomic E-state index is 11.7. The van der Waals surface area contributed by atoms with Crippen molar-refractivity contribution in [2.75, 3.05) is 12.3 Å². The summed E-state index contributed by atoms with van der Waals surface area (Å²) in [6.45, 7) is -1.10. The summed E-state index contributed by atoms with van der Waals surface area (Å²) in [5.41, 5.74) is 5.79. The number of imidazole rings is 1. The summed E-state index contributed by atoms with van der Waals surface area (Å²) >= 11 is 0. The summed E-state index contributed by atoms with van der Waals surface area (Å²) in [7, 11) is -16.8. The number of carbonyl (C=O) groups excluding carboxylic acids is 2. The van der Waals surface area contributed by atoms with Crippen molar-refractivity contribution in [3.05, 3.63) is 12.7 Å². The second kappa shape index (κ2) is 11.5. The monoisotopic (exact) mass is 528 g/mol. The van der Waals surface area contributed by atoms with Gasteiger partial charge in [0.1, 0.15) is 17.9 Å². The number of aldehydes is 2. The van der Waals surface area contributed by atoms with E-state index in [0.29, 0.717) is 0 Å². The summed E-state index contributed by atoms with van der Waals surface area (Å²) in [6.07, 6.45) is -0.802. The molecule has 0 saturated heterocycles. The fourth-order valence-corrected chi connectivity index (χ4v) is 5.01. The second-order valence-electron chi connectivity index (χ2n) is 5.31. The van der Waals surface area contributed by atoms with E-state index in [1.54, 1.807) is 0 Å². The van der Waals surface area contributed by atoms with E-state index in [0.717, 1.165) is 17.2 Å². The molecule has 173 valence electrons. The number of anilines is 1. The molecule has 22 heteroatoms. The van der Waals surface area contributed by atoms with E-state index in [9.17, 15) is 28.2 Å². The van der Waals surface area contributed by atoms with Gasteiger partial charge in [-0.3, -0.25) is 13.9 Å². The first-order valence-corrected chi connectivity index (χ1v) is 12.1. The quantitative estimate of drug-likeness (QED) is 0.121. The Labute approximate surface area is 199 Å². The first-order chi connectivity index (χ1) is 14.3. The van der Waals surface area contributed by atoms with Gasteiger partial charge in [-0.1, -0.05) is 0 Å². The number of hydrogen-bond acceptors (Lipinski definition) is 13. The third-order valence-corrected chi connectivity index (χ3v) is 6.86. The maximum absolute atomic E-state index is 11.7. The third-order valence-electron chi connectivity index (χ3n) is 3.06. The molecule has 0 amide bonds. The number of phosphoric ester groups is 1. The van der Waals surface area contributed by atoms with Gasteiger partial charge in [-0.25, -0.2) is 28.6 Å². The number of nitrogen functional groups attached to an aromatic ring is 1. The minimum Gasteiger partial charge on any atom is -0.382 e. The number of fused-ring (bicyclic) bond motifs is 1. The molecule has 18 nitrogen and oxygen atoms in total. The molecule has 0 aliphatic carbocycles. The van der Waals surface area contributed by atoms with Gasteiger partial charge in [0.15, 0.2) is 30.3 Å². The summed E-state index contributed by atoms with van der Waals surface area (Å²) in [5, 5.41) is 0. The van der Waals surface area contributed by atoms with Crippen molar-refractivity contribution in [1.82, 2.24) is 19.5 Å². The number of rotatable bonds is 12. The van der Waals surface area contributed by atoms with Crippen molar-refractivity contribution in [3.63, 3.8) is 0 Å². The second-order valence-corrected chi connectivity index (χ2v) is 9.73. The summed E-state index contributed by atoms with van der Waals surface area (Å²) in [4.78, 5) is 69.4. The van der Waals surface area contributed by atoms with Crippen molar-refractivity contribution in [2.24, 2.45) is 0 Å². The van der Waals surface area contributed by atoms with E-state index in [-0.39, 0.29) is 59.1 Å². The average molecular weight is 528 g/mol. The largest absolute Gasteiger partial charge is 0.490 e. The number of carbonyl (C=O) groups is 2. The number of ether oxygens (including phenoxy) is 1. The molecule has 0 fully saturated rings. The van der Waals surface area contributed by atoms with E-state index in [4.69, 9.17) is 25.2 Å². The molecule has 0 saturated carbocycles. The van der Waals surface area contributed by atoms with Crippen LogP contribution < -0.4 is 5.73 Å². The molecule has 2 rings (SSSR count). The van der Waals surface area contributed by atoms with Crippen LogP contribution in [0.1, 0.15) is 6.23 Å². The Kier molecular flexibility index (Phi) is 10.4. The van der Waals surface area contributed by atoms with Crippen molar-refractivity contribution in [1.29, 1.82) is 0 Å². The van der Waals surface area contributed by atoms with Gasteiger partial charge in [0.05, 0.1) is 12.9 Å². The van der Waals surface area contributed by atoms with Crippen molar-refractivity contribution < 1.29 is 60.7 Å². The number of hydrogen-bond donors (Lipinski definition) is 5. The van der Waals surface area contributed by atoms with Gasteiger partial charge < -0.3 is 34.8 Å².